The Hall–Kier alpha value is -0.810. The molecule has 1 N–H and O–H groups in total. The van der Waals surface area contributed by atoms with Crippen LogP contribution in [0.25, 0.3) is 0 Å². The predicted octanol–water partition coefficient (Wildman–Crippen LogP) is 0.760. The Morgan fingerprint density at radius 2 is 1.94 bits per heavy atom. The molecule has 0 spiro atoms. The van der Waals surface area contributed by atoms with Crippen LogP contribution in [0.5, 0.6) is 0 Å². The van der Waals surface area contributed by atoms with Gasteiger partial charge in [-0.15, -0.1) is 0 Å². The summed E-state index contributed by atoms with van der Waals surface area (Å²) in [4.78, 5) is 15.9. The number of carbonyl (C=O) groups excluding carboxylic acids is 1. The number of hydrogen-bond donors (Lipinski definition) is 1. The third-order valence-corrected chi connectivity index (χ3v) is 3.97. The van der Waals surface area contributed by atoms with E-state index in [0.29, 0.717) is 12.0 Å². The van der Waals surface area contributed by atoms with Gasteiger partial charge in [-0.1, -0.05) is 0 Å². The number of nitrogens with one attached hydrogen (secondary N) is 1. The van der Waals surface area contributed by atoms with Crippen molar-refractivity contribution in [3.05, 3.63) is 0 Å². The second-order valence-corrected chi connectivity index (χ2v) is 5.49. The third kappa shape index (κ3) is 3.36. The Morgan fingerprint density at radius 1 is 1.28 bits per heavy atom. The fourth-order valence-electron chi connectivity index (χ4n) is 2.72. The minimum absolute atomic E-state index is 0.159. The topological polar surface area (TPSA) is 44.8 Å². The molecule has 1 amide bonds. The number of amides is 1. The highest BCUT2D eigenvalue weighted by Crippen LogP contribution is 2.45. The van der Waals surface area contributed by atoms with Gasteiger partial charge in [0.1, 0.15) is 0 Å². The number of ether oxygens (including phenoxy) is 1. The molecule has 0 aromatic carbocycles. The number of nitrogens with zero attached hydrogens (tertiary/aromatic N) is 2. The van der Waals surface area contributed by atoms with Crippen LogP contribution in [-0.4, -0.2) is 68.8 Å². The number of piperazine rings is 1. The Balaban J connectivity index is 1.72. The molecular formula is C13H25N3O2. The highest BCUT2D eigenvalue weighted by Gasteiger charge is 2.43. The van der Waals surface area contributed by atoms with Gasteiger partial charge in [-0.2, -0.15) is 0 Å². The lowest BCUT2D eigenvalue weighted by Gasteiger charge is -2.36. The van der Waals surface area contributed by atoms with Crippen LogP contribution in [0.4, 0.5) is 4.79 Å². The fourth-order valence-corrected chi connectivity index (χ4v) is 2.72. The zero-order valence-electron chi connectivity index (χ0n) is 11.6. The molecule has 1 saturated heterocycles. The van der Waals surface area contributed by atoms with Gasteiger partial charge in [0, 0.05) is 39.3 Å². The molecule has 2 rings (SSSR count). The monoisotopic (exact) mass is 255 g/mol. The molecule has 0 bridgehead atoms. The molecule has 2 fully saturated rings. The summed E-state index contributed by atoms with van der Waals surface area (Å²) in [7, 11) is 2.03. The summed E-state index contributed by atoms with van der Waals surface area (Å²) in [5.74, 6) is 0. The average molecular weight is 255 g/mol. The lowest BCUT2D eigenvalue weighted by atomic mass is 10.1. The summed E-state index contributed by atoms with van der Waals surface area (Å²) >= 11 is 0. The lowest BCUT2D eigenvalue weighted by Crippen LogP contribution is -2.50. The van der Waals surface area contributed by atoms with E-state index in [1.54, 1.807) is 0 Å². The van der Waals surface area contributed by atoms with E-state index in [0.717, 1.165) is 32.7 Å². The van der Waals surface area contributed by atoms with Gasteiger partial charge in [-0.25, -0.2) is 4.79 Å². The molecule has 0 atom stereocenters. The van der Waals surface area contributed by atoms with Crippen LogP contribution >= 0.6 is 0 Å². The number of carbonyl (C=O) groups is 1. The molecule has 104 valence electrons. The van der Waals surface area contributed by atoms with Gasteiger partial charge < -0.3 is 15.0 Å². The third-order valence-electron chi connectivity index (χ3n) is 3.97. The molecule has 1 heterocycles. The van der Waals surface area contributed by atoms with Gasteiger partial charge in [-0.05, 0) is 32.2 Å². The molecule has 2 aliphatic rings. The minimum atomic E-state index is -0.159. The lowest BCUT2D eigenvalue weighted by molar-refractivity contribution is 0.0737. The summed E-state index contributed by atoms with van der Waals surface area (Å²) < 4.78 is 5.03. The van der Waals surface area contributed by atoms with Crippen molar-refractivity contribution in [1.29, 1.82) is 0 Å². The maximum Gasteiger partial charge on any atom is 0.409 e. The van der Waals surface area contributed by atoms with E-state index >= 15 is 0 Å². The van der Waals surface area contributed by atoms with Gasteiger partial charge in [0.25, 0.3) is 0 Å². The van der Waals surface area contributed by atoms with E-state index in [1.165, 1.54) is 19.4 Å². The van der Waals surface area contributed by atoms with Crippen molar-refractivity contribution in [2.75, 3.05) is 52.9 Å². The largest absolute Gasteiger partial charge is 0.450 e. The summed E-state index contributed by atoms with van der Waals surface area (Å²) in [6, 6.07) is 0. The average Bonchev–Trinajstić information content (AvgIpc) is 3.10. The zero-order valence-corrected chi connectivity index (χ0v) is 11.6. The molecule has 0 unspecified atom stereocenters. The standard InChI is InChI=1S/C13H25N3O2/c1-3-18-12(17)16-8-6-15(7-9-16)11-13(4-5-13)10-14-2/h14H,3-11H2,1-2H3. The highest BCUT2D eigenvalue weighted by molar-refractivity contribution is 5.67. The fraction of sp³-hybridized carbons (Fsp3) is 0.923. The predicted molar refractivity (Wildman–Crippen MR) is 70.6 cm³/mol. The zero-order chi connectivity index (χ0) is 13.0. The van der Waals surface area contributed by atoms with Crippen LogP contribution in [0.15, 0.2) is 0 Å². The van der Waals surface area contributed by atoms with E-state index in [-0.39, 0.29) is 6.09 Å². The highest BCUT2D eigenvalue weighted by atomic mass is 16.6. The SMILES string of the molecule is CCOC(=O)N1CCN(CC2(CNC)CC2)CC1. The van der Waals surface area contributed by atoms with Crippen molar-refractivity contribution >= 4 is 6.09 Å². The number of rotatable bonds is 5. The van der Waals surface area contributed by atoms with Gasteiger partial charge in [0.05, 0.1) is 6.61 Å². The molecular weight excluding hydrogens is 230 g/mol. The van der Waals surface area contributed by atoms with Crippen molar-refractivity contribution < 1.29 is 9.53 Å². The Labute approximate surface area is 109 Å². The maximum atomic E-state index is 11.6. The first-order valence-electron chi connectivity index (χ1n) is 6.98. The van der Waals surface area contributed by atoms with Crippen LogP contribution in [0.1, 0.15) is 19.8 Å². The van der Waals surface area contributed by atoms with Crippen molar-refractivity contribution in [2.24, 2.45) is 5.41 Å². The van der Waals surface area contributed by atoms with Crippen molar-refractivity contribution in [3.8, 4) is 0 Å². The normalized spacial score (nSPS) is 22.9. The minimum Gasteiger partial charge on any atom is -0.450 e. The number of hydrogen-bond acceptors (Lipinski definition) is 4. The van der Waals surface area contributed by atoms with Crippen molar-refractivity contribution in [2.45, 2.75) is 19.8 Å². The molecule has 0 radical (unpaired) electrons. The van der Waals surface area contributed by atoms with E-state index in [1.807, 2.05) is 18.9 Å². The van der Waals surface area contributed by atoms with Gasteiger partial charge in [-0.3, -0.25) is 4.90 Å². The Kier molecular flexibility index (Phi) is 4.45. The quantitative estimate of drug-likeness (QED) is 0.788. The van der Waals surface area contributed by atoms with E-state index < -0.39 is 0 Å². The second kappa shape index (κ2) is 5.89. The summed E-state index contributed by atoms with van der Waals surface area (Å²) in [5.41, 5.74) is 0.515. The van der Waals surface area contributed by atoms with Crippen molar-refractivity contribution in [1.82, 2.24) is 15.1 Å². The second-order valence-electron chi connectivity index (χ2n) is 5.49. The molecule has 0 aromatic rings. The molecule has 0 aromatic heterocycles. The van der Waals surface area contributed by atoms with Crippen LogP contribution in [0.2, 0.25) is 0 Å². The van der Waals surface area contributed by atoms with Gasteiger partial charge in [0.2, 0.25) is 0 Å². The van der Waals surface area contributed by atoms with Crippen LogP contribution < -0.4 is 5.32 Å². The van der Waals surface area contributed by atoms with Gasteiger partial charge >= 0.3 is 6.09 Å². The first kappa shape index (κ1) is 13.6. The molecule has 1 aliphatic carbocycles. The molecule has 18 heavy (non-hydrogen) atoms. The summed E-state index contributed by atoms with van der Waals surface area (Å²) in [6.45, 7) is 8.15. The molecule has 1 saturated carbocycles. The first-order valence-corrected chi connectivity index (χ1v) is 6.98. The smallest absolute Gasteiger partial charge is 0.409 e. The first-order chi connectivity index (χ1) is 8.69. The molecule has 5 heteroatoms. The molecule has 1 aliphatic heterocycles. The van der Waals surface area contributed by atoms with E-state index in [2.05, 4.69) is 10.2 Å². The summed E-state index contributed by atoms with van der Waals surface area (Å²) in [6.07, 6.45) is 2.52. The van der Waals surface area contributed by atoms with E-state index in [4.69, 9.17) is 4.74 Å². The van der Waals surface area contributed by atoms with Crippen LogP contribution in [0, 0.1) is 5.41 Å². The Bertz CT molecular complexity index is 284. The van der Waals surface area contributed by atoms with Crippen LogP contribution in [-0.2, 0) is 4.74 Å². The summed E-state index contributed by atoms with van der Waals surface area (Å²) in [5, 5.41) is 3.29. The Morgan fingerprint density at radius 3 is 2.44 bits per heavy atom. The van der Waals surface area contributed by atoms with Crippen molar-refractivity contribution in [3.63, 3.8) is 0 Å². The van der Waals surface area contributed by atoms with Crippen LogP contribution in [0.3, 0.4) is 0 Å². The molecule has 5 nitrogen and oxygen atoms in total. The maximum absolute atomic E-state index is 11.6. The van der Waals surface area contributed by atoms with Gasteiger partial charge in [0.15, 0.2) is 0 Å². The van der Waals surface area contributed by atoms with E-state index in [9.17, 15) is 4.79 Å².